The van der Waals surface area contributed by atoms with E-state index in [0.717, 1.165) is 54.4 Å². The number of carbonyl (C=O) groups excluding carboxylic acids is 1. The SMILES string of the molecule is CC(=O)N1CCN(Cc2ccc(-c3cc4ccnc(Nc5ccc6[nH]ccc6c5)c4s3)cc2)CC1. The monoisotopic (exact) mass is 481 g/mol. The highest BCUT2D eigenvalue weighted by Gasteiger charge is 2.18. The number of hydrogen-bond acceptors (Lipinski definition) is 5. The number of aromatic amines is 1. The molecule has 1 saturated heterocycles. The summed E-state index contributed by atoms with van der Waals surface area (Å²) < 4.78 is 1.16. The molecule has 0 atom stereocenters. The molecule has 3 aromatic heterocycles. The second-order valence-electron chi connectivity index (χ2n) is 9.07. The van der Waals surface area contributed by atoms with Crippen molar-refractivity contribution < 1.29 is 4.79 Å². The van der Waals surface area contributed by atoms with Gasteiger partial charge in [-0.15, -0.1) is 11.3 Å². The predicted octanol–water partition coefficient (Wildman–Crippen LogP) is 5.85. The minimum absolute atomic E-state index is 0.174. The standard InChI is InChI=1S/C28H27N5OS/c1-19(34)33-14-12-32(13-15-33)18-20-2-4-21(5-3-20)26-17-23-9-11-30-28(27(23)35-26)31-24-6-7-25-22(16-24)8-10-29-25/h2-11,16-17,29H,12-15,18H2,1H3,(H,30,31). The van der Waals surface area contributed by atoms with Crippen molar-refractivity contribution in [1.29, 1.82) is 0 Å². The number of H-pyrrole nitrogens is 1. The van der Waals surface area contributed by atoms with E-state index in [1.54, 1.807) is 18.3 Å². The Morgan fingerprint density at radius 3 is 2.63 bits per heavy atom. The van der Waals surface area contributed by atoms with Gasteiger partial charge in [-0.2, -0.15) is 0 Å². The van der Waals surface area contributed by atoms with Crippen LogP contribution in [0.15, 0.2) is 73.1 Å². The molecule has 4 heterocycles. The molecule has 6 rings (SSSR count). The quantitative estimate of drug-likeness (QED) is 0.330. The number of thiophene rings is 1. The lowest BCUT2D eigenvalue weighted by Crippen LogP contribution is -2.47. The van der Waals surface area contributed by atoms with E-state index in [1.165, 1.54) is 26.8 Å². The maximum atomic E-state index is 11.5. The molecule has 0 aliphatic carbocycles. The van der Waals surface area contributed by atoms with E-state index in [-0.39, 0.29) is 5.91 Å². The van der Waals surface area contributed by atoms with Gasteiger partial charge in [-0.05, 0) is 52.9 Å². The number of anilines is 2. The van der Waals surface area contributed by atoms with Gasteiger partial charge in [0.1, 0.15) is 5.82 Å². The van der Waals surface area contributed by atoms with Crippen LogP contribution in [-0.2, 0) is 11.3 Å². The van der Waals surface area contributed by atoms with Crippen LogP contribution in [0, 0.1) is 0 Å². The number of nitrogens with zero attached hydrogens (tertiary/aromatic N) is 3. The lowest BCUT2D eigenvalue weighted by molar-refractivity contribution is -0.130. The molecule has 1 amide bonds. The van der Waals surface area contributed by atoms with Crippen LogP contribution in [-0.4, -0.2) is 51.9 Å². The van der Waals surface area contributed by atoms with Crippen molar-refractivity contribution in [3.05, 3.63) is 78.6 Å². The van der Waals surface area contributed by atoms with E-state index in [9.17, 15) is 4.79 Å². The highest BCUT2D eigenvalue weighted by molar-refractivity contribution is 7.22. The first-order valence-corrected chi connectivity index (χ1v) is 12.7. The van der Waals surface area contributed by atoms with E-state index in [1.807, 2.05) is 17.3 Å². The summed E-state index contributed by atoms with van der Waals surface area (Å²) in [5.74, 6) is 1.06. The van der Waals surface area contributed by atoms with E-state index in [4.69, 9.17) is 0 Å². The third kappa shape index (κ3) is 4.52. The lowest BCUT2D eigenvalue weighted by atomic mass is 10.1. The minimum Gasteiger partial charge on any atom is -0.361 e. The molecule has 1 fully saturated rings. The van der Waals surface area contributed by atoms with Crippen LogP contribution < -0.4 is 5.32 Å². The molecule has 0 radical (unpaired) electrons. The summed E-state index contributed by atoms with van der Waals surface area (Å²) in [6.07, 6.45) is 3.82. The highest BCUT2D eigenvalue weighted by atomic mass is 32.1. The summed E-state index contributed by atoms with van der Waals surface area (Å²) in [6, 6.07) is 21.6. The summed E-state index contributed by atoms with van der Waals surface area (Å²) in [6.45, 7) is 6.06. The van der Waals surface area contributed by atoms with Gasteiger partial charge < -0.3 is 15.2 Å². The van der Waals surface area contributed by atoms with Gasteiger partial charge in [-0.3, -0.25) is 9.69 Å². The fourth-order valence-corrected chi connectivity index (χ4v) is 5.82. The first-order chi connectivity index (χ1) is 17.1. The van der Waals surface area contributed by atoms with Crippen molar-refractivity contribution in [2.75, 3.05) is 31.5 Å². The normalized spacial score (nSPS) is 14.6. The Kier molecular flexibility index (Phi) is 5.72. The Balaban J connectivity index is 1.19. The Morgan fingerprint density at radius 2 is 1.83 bits per heavy atom. The fourth-order valence-electron chi connectivity index (χ4n) is 4.72. The number of rotatable bonds is 5. The topological polar surface area (TPSA) is 64.3 Å². The van der Waals surface area contributed by atoms with Crippen LogP contribution in [0.3, 0.4) is 0 Å². The van der Waals surface area contributed by atoms with E-state index >= 15 is 0 Å². The molecular weight excluding hydrogens is 454 g/mol. The molecule has 0 unspecified atom stereocenters. The average molecular weight is 482 g/mol. The van der Waals surface area contributed by atoms with Crippen molar-refractivity contribution in [3.8, 4) is 10.4 Å². The number of amides is 1. The van der Waals surface area contributed by atoms with Crippen molar-refractivity contribution in [2.45, 2.75) is 13.5 Å². The van der Waals surface area contributed by atoms with Gasteiger partial charge in [0.15, 0.2) is 0 Å². The smallest absolute Gasteiger partial charge is 0.219 e. The molecule has 0 bridgehead atoms. The van der Waals surface area contributed by atoms with Gasteiger partial charge in [0.2, 0.25) is 5.91 Å². The molecular formula is C28H27N5OS. The molecule has 35 heavy (non-hydrogen) atoms. The van der Waals surface area contributed by atoms with Crippen LogP contribution in [0.4, 0.5) is 11.5 Å². The second kappa shape index (κ2) is 9.17. The first-order valence-electron chi connectivity index (χ1n) is 11.9. The molecule has 0 saturated carbocycles. The lowest BCUT2D eigenvalue weighted by Gasteiger charge is -2.34. The van der Waals surface area contributed by atoms with E-state index < -0.39 is 0 Å². The predicted molar refractivity (Wildman–Crippen MR) is 144 cm³/mol. The van der Waals surface area contributed by atoms with E-state index in [0.29, 0.717) is 0 Å². The summed E-state index contributed by atoms with van der Waals surface area (Å²) in [4.78, 5) is 25.0. The van der Waals surface area contributed by atoms with Gasteiger partial charge in [-0.25, -0.2) is 4.98 Å². The summed E-state index contributed by atoms with van der Waals surface area (Å²) in [5.41, 5.74) is 4.67. The molecule has 6 nitrogen and oxygen atoms in total. The van der Waals surface area contributed by atoms with Crippen molar-refractivity contribution >= 4 is 49.7 Å². The Labute approximate surface area is 208 Å². The number of carbonyl (C=O) groups is 1. The Bertz CT molecular complexity index is 1500. The zero-order valence-electron chi connectivity index (χ0n) is 19.6. The maximum Gasteiger partial charge on any atom is 0.219 e. The number of benzene rings is 2. The summed E-state index contributed by atoms with van der Waals surface area (Å²) in [5, 5.41) is 5.88. The van der Waals surface area contributed by atoms with Crippen LogP contribution in [0.2, 0.25) is 0 Å². The molecule has 2 aromatic carbocycles. The fraction of sp³-hybridized carbons (Fsp3) is 0.214. The molecule has 2 N–H and O–H groups in total. The molecule has 5 aromatic rings. The third-order valence-corrected chi connectivity index (χ3v) is 7.92. The molecule has 1 aliphatic heterocycles. The number of fused-ring (bicyclic) bond motifs is 2. The van der Waals surface area contributed by atoms with Crippen LogP contribution in [0.5, 0.6) is 0 Å². The van der Waals surface area contributed by atoms with Gasteiger partial charge in [0, 0.05) is 73.5 Å². The number of aromatic nitrogens is 2. The van der Waals surface area contributed by atoms with Crippen LogP contribution in [0.25, 0.3) is 31.4 Å². The maximum absolute atomic E-state index is 11.5. The molecule has 1 aliphatic rings. The van der Waals surface area contributed by atoms with Gasteiger partial charge >= 0.3 is 0 Å². The summed E-state index contributed by atoms with van der Waals surface area (Å²) >= 11 is 1.77. The Hall–Kier alpha value is -3.68. The average Bonchev–Trinajstić information content (AvgIpc) is 3.52. The van der Waals surface area contributed by atoms with Crippen molar-refractivity contribution in [1.82, 2.24) is 19.8 Å². The number of nitrogens with one attached hydrogen (secondary N) is 2. The second-order valence-corrected chi connectivity index (χ2v) is 10.1. The van der Waals surface area contributed by atoms with Gasteiger partial charge in [0.25, 0.3) is 0 Å². The minimum atomic E-state index is 0.174. The molecule has 176 valence electrons. The third-order valence-electron chi connectivity index (χ3n) is 6.71. The number of piperazine rings is 1. The Morgan fingerprint density at radius 1 is 1.00 bits per heavy atom. The number of hydrogen-bond donors (Lipinski definition) is 2. The van der Waals surface area contributed by atoms with Crippen LogP contribution in [0.1, 0.15) is 12.5 Å². The molecule has 0 spiro atoms. The first kappa shape index (κ1) is 21.8. The zero-order chi connectivity index (χ0) is 23.8. The van der Waals surface area contributed by atoms with Gasteiger partial charge in [0.05, 0.1) is 4.70 Å². The van der Waals surface area contributed by atoms with Crippen molar-refractivity contribution in [2.24, 2.45) is 0 Å². The summed E-state index contributed by atoms with van der Waals surface area (Å²) in [7, 11) is 0. The highest BCUT2D eigenvalue weighted by Crippen LogP contribution is 2.37. The largest absolute Gasteiger partial charge is 0.361 e. The van der Waals surface area contributed by atoms with Gasteiger partial charge in [-0.1, -0.05) is 24.3 Å². The van der Waals surface area contributed by atoms with Crippen molar-refractivity contribution in [3.63, 3.8) is 0 Å². The van der Waals surface area contributed by atoms with E-state index in [2.05, 4.69) is 80.8 Å². The zero-order valence-corrected chi connectivity index (χ0v) is 20.4. The molecule has 7 heteroatoms. The van der Waals surface area contributed by atoms with Crippen LogP contribution >= 0.6 is 11.3 Å². The number of pyridine rings is 1.